The maximum Gasteiger partial charge on any atom is 0.311 e. The highest BCUT2D eigenvalue weighted by atomic mass is 16.4. The van der Waals surface area contributed by atoms with Crippen LogP contribution in [-0.4, -0.2) is 17.6 Å². The van der Waals surface area contributed by atoms with Crippen LogP contribution < -0.4 is 5.32 Å². The Morgan fingerprint density at radius 1 is 1.44 bits per heavy atom. The summed E-state index contributed by atoms with van der Waals surface area (Å²) in [5.41, 5.74) is 0.367. The van der Waals surface area contributed by atoms with Gasteiger partial charge in [-0.2, -0.15) is 0 Å². The number of carboxylic acid groups (broad SMARTS) is 1. The Hall–Kier alpha value is -1.35. The summed E-state index contributed by atoms with van der Waals surface area (Å²) in [6.07, 6.45) is 1.65. The van der Waals surface area contributed by atoms with Gasteiger partial charge >= 0.3 is 5.97 Å². The van der Waals surface area contributed by atoms with Crippen LogP contribution in [0.3, 0.4) is 0 Å². The van der Waals surface area contributed by atoms with Crippen LogP contribution in [0, 0.1) is 5.41 Å². The van der Waals surface area contributed by atoms with Crippen molar-refractivity contribution in [3.8, 4) is 0 Å². The van der Waals surface area contributed by atoms with E-state index >= 15 is 0 Å². The number of aliphatic carboxylic acids is 1. The summed E-state index contributed by atoms with van der Waals surface area (Å²) in [6.45, 7) is 2.72. The van der Waals surface area contributed by atoms with Gasteiger partial charge in [-0.1, -0.05) is 30.3 Å². The molecular formula is C13H17NO2. The minimum absolute atomic E-state index is 0.0834. The summed E-state index contributed by atoms with van der Waals surface area (Å²) in [5, 5.41) is 12.7. The Kier molecular flexibility index (Phi) is 2.97. The van der Waals surface area contributed by atoms with Crippen LogP contribution in [0.5, 0.6) is 0 Å². The van der Waals surface area contributed by atoms with E-state index in [-0.39, 0.29) is 6.04 Å². The van der Waals surface area contributed by atoms with Crippen molar-refractivity contribution < 1.29 is 9.90 Å². The molecule has 0 saturated carbocycles. The van der Waals surface area contributed by atoms with E-state index in [1.807, 2.05) is 37.3 Å². The van der Waals surface area contributed by atoms with Crippen molar-refractivity contribution >= 4 is 5.97 Å². The quantitative estimate of drug-likeness (QED) is 0.801. The molecule has 2 N–H and O–H groups in total. The van der Waals surface area contributed by atoms with Gasteiger partial charge in [-0.25, -0.2) is 0 Å². The molecule has 2 rings (SSSR count). The first kappa shape index (κ1) is 11.1. The lowest BCUT2D eigenvalue weighted by atomic mass is 9.73. The fourth-order valence-electron chi connectivity index (χ4n) is 2.43. The van der Waals surface area contributed by atoms with E-state index in [0.29, 0.717) is 0 Å². The van der Waals surface area contributed by atoms with Crippen molar-refractivity contribution in [3.05, 3.63) is 35.9 Å². The molecule has 2 atom stereocenters. The number of piperidine rings is 1. The standard InChI is InChI=1S/C13H17NO2/c1-13(12(15)16)8-5-9-14-11(13)10-6-3-2-4-7-10/h2-4,6-7,11,14H,5,8-9H2,1H3,(H,15,16). The van der Waals surface area contributed by atoms with Crippen molar-refractivity contribution in [2.24, 2.45) is 5.41 Å². The number of carbonyl (C=O) groups is 1. The Morgan fingerprint density at radius 3 is 2.75 bits per heavy atom. The topological polar surface area (TPSA) is 49.3 Å². The summed E-state index contributed by atoms with van der Waals surface area (Å²) in [7, 11) is 0. The fraction of sp³-hybridized carbons (Fsp3) is 0.462. The second kappa shape index (κ2) is 4.26. The molecule has 3 nitrogen and oxygen atoms in total. The van der Waals surface area contributed by atoms with Crippen LogP contribution in [-0.2, 0) is 4.79 Å². The average Bonchev–Trinajstić information content (AvgIpc) is 2.30. The van der Waals surface area contributed by atoms with E-state index in [4.69, 9.17) is 0 Å². The molecule has 0 aliphatic carbocycles. The highest BCUT2D eigenvalue weighted by Gasteiger charge is 2.43. The molecule has 1 aromatic carbocycles. The van der Waals surface area contributed by atoms with Crippen LogP contribution in [0.25, 0.3) is 0 Å². The second-order valence-electron chi connectivity index (χ2n) is 4.62. The van der Waals surface area contributed by atoms with Gasteiger partial charge in [0.15, 0.2) is 0 Å². The number of nitrogens with one attached hydrogen (secondary N) is 1. The molecule has 1 heterocycles. The van der Waals surface area contributed by atoms with Gasteiger partial charge in [0.05, 0.1) is 5.41 Å². The van der Waals surface area contributed by atoms with Gasteiger partial charge in [0, 0.05) is 6.04 Å². The zero-order chi connectivity index (χ0) is 11.6. The first-order chi connectivity index (χ1) is 7.64. The van der Waals surface area contributed by atoms with Crippen LogP contribution in [0.2, 0.25) is 0 Å². The first-order valence-corrected chi connectivity index (χ1v) is 5.66. The van der Waals surface area contributed by atoms with Crippen LogP contribution >= 0.6 is 0 Å². The van der Waals surface area contributed by atoms with Crippen LogP contribution in [0.15, 0.2) is 30.3 Å². The molecule has 3 heteroatoms. The third-order valence-electron chi connectivity index (χ3n) is 3.48. The van der Waals surface area contributed by atoms with Crippen molar-refractivity contribution in [2.75, 3.05) is 6.54 Å². The third kappa shape index (κ3) is 1.83. The van der Waals surface area contributed by atoms with Crippen LogP contribution in [0.1, 0.15) is 31.4 Å². The predicted octanol–water partition coefficient (Wildman–Crippen LogP) is 2.20. The minimum Gasteiger partial charge on any atom is -0.481 e. The van der Waals surface area contributed by atoms with E-state index in [1.165, 1.54) is 0 Å². The number of benzene rings is 1. The molecule has 0 spiro atoms. The summed E-state index contributed by atoms with van der Waals surface area (Å²) in [6, 6.07) is 9.75. The minimum atomic E-state index is -0.714. The Balaban J connectivity index is 2.34. The van der Waals surface area contributed by atoms with E-state index < -0.39 is 11.4 Å². The largest absolute Gasteiger partial charge is 0.481 e. The third-order valence-corrected chi connectivity index (χ3v) is 3.48. The molecule has 0 bridgehead atoms. The molecule has 1 aromatic rings. The molecule has 1 saturated heterocycles. The molecular weight excluding hydrogens is 202 g/mol. The zero-order valence-electron chi connectivity index (χ0n) is 9.44. The highest BCUT2D eigenvalue weighted by Crippen LogP contribution is 2.40. The number of carboxylic acids is 1. The number of hydrogen-bond acceptors (Lipinski definition) is 2. The molecule has 1 aliphatic heterocycles. The Bertz CT molecular complexity index is 377. The smallest absolute Gasteiger partial charge is 0.311 e. The van der Waals surface area contributed by atoms with Crippen molar-refractivity contribution in [1.29, 1.82) is 0 Å². The normalized spacial score (nSPS) is 29.9. The molecule has 16 heavy (non-hydrogen) atoms. The van der Waals surface area contributed by atoms with Gasteiger partial charge in [-0.15, -0.1) is 0 Å². The SMILES string of the molecule is CC1(C(=O)O)CCCNC1c1ccccc1. The van der Waals surface area contributed by atoms with Crippen molar-refractivity contribution in [1.82, 2.24) is 5.32 Å². The average molecular weight is 219 g/mol. The van der Waals surface area contributed by atoms with Gasteiger partial charge in [-0.3, -0.25) is 4.79 Å². The van der Waals surface area contributed by atoms with Gasteiger partial charge in [0.2, 0.25) is 0 Å². The lowest BCUT2D eigenvalue weighted by Gasteiger charge is -2.39. The molecule has 0 aromatic heterocycles. The highest BCUT2D eigenvalue weighted by molar-refractivity contribution is 5.75. The molecule has 0 radical (unpaired) electrons. The van der Waals surface area contributed by atoms with Gasteiger partial charge < -0.3 is 10.4 Å². The van der Waals surface area contributed by atoms with Crippen molar-refractivity contribution in [2.45, 2.75) is 25.8 Å². The first-order valence-electron chi connectivity index (χ1n) is 5.66. The summed E-state index contributed by atoms with van der Waals surface area (Å²) in [5.74, 6) is -0.714. The van der Waals surface area contributed by atoms with Gasteiger partial charge in [-0.05, 0) is 31.9 Å². The molecule has 0 amide bonds. The monoisotopic (exact) mass is 219 g/mol. The summed E-state index contributed by atoms with van der Waals surface area (Å²) < 4.78 is 0. The predicted molar refractivity (Wildman–Crippen MR) is 62.2 cm³/mol. The zero-order valence-corrected chi connectivity index (χ0v) is 9.44. The van der Waals surface area contributed by atoms with Crippen molar-refractivity contribution in [3.63, 3.8) is 0 Å². The van der Waals surface area contributed by atoms with E-state index in [1.54, 1.807) is 0 Å². The van der Waals surface area contributed by atoms with E-state index in [2.05, 4.69) is 5.32 Å². The van der Waals surface area contributed by atoms with Gasteiger partial charge in [0.25, 0.3) is 0 Å². The number of rotatable bonds is 2. The maximum absolute atomic E-state index is 11.4. The van der Waals surface area contributed by atoms with E-state index in [9.17, 15) is 9.90 Å². The molecule has 1 aliphatic rings. The Labute approximate surface area is 95.5 Å². The summed E-state index contributed by atoms with van der Waals surface area (Å²) in [4.78, 5) is 11.4. The molecule has 1 fully saturated rings. The van der Waals surface area contributed by atoms with E-state index in [0.717, 1.165) is 24.9 Å². The summed E-state index contributed by atoms with van der Waals surface area (Å²) >= 11 is 0. The maximum atomic E-state index is 11.4. The van der Waals surface area contributed by atoms with Crippen LogP contribution in [0.4, 0.5) is 0 Å². The lowest BCUT2D eigenvalue weighted by Crippen LogP contribution is -2.46. The second-order valence-corrected chi connectivity index (χ2v) is 4.62. The fourth-order valence-corrected chi connectivity index (χ4v) is 2.43. The van der Waals surface area contributed by atoms with Gasteiger partial charge in [0.1, 0.15) is 0 Å². The lowest BCUT2D eigenvalue weighted by molar-refractivity contribution is -0.151. The Morgan fingerprint density at radius 2 is 2.12 bits per heavy atom. The molecule has 2 unspecified atom stereocenters. The number of hydrogen-bond donors (Lipinski definition) is 2. The molecule has 86 valence electrons.